The number of aliphatic hydroxyl groups excluding tert-OH is 1. The Balaban J connectivity index is 1.07. The number of nitrogens with one attached hydrogen (secondary N) is 1. The van der Waals surface area contributed by atoms with Crippen molar-refractivity contribution in [3.05, 3.63) is 132 Å². The molecule has 2 aliphatic rings. The fraction of sp³-hybridized carbons (Fsp3) is 0.263. The second-order valence-corrected chi connectivity index (χ2v) is 12.3. The predicted molar refractivity (Wildman–Crippen MR) is 180 cm³/mol. The molecule has 2 N–H and O–H groups in total. The van der Waals surface area contributed by atoms with Gasteiger partial charge in [-0.05, 0) is 41.0 Å². The normalized spacial score (nSPS) is 22.4. The van der Waals surface area contributed by atoms with Gasteiger partial charge in [0.1, 0.15) is 12.6 Å². The minimum absolute atomic E-state index is 0.0414. The van der Waals surface area contributed by atoms with Crippen molar-refractivity contribution in [1.29, 1.82) is 0 Å². The quantitative estimate of drug-likeness (QED) is 0.196. The van der Waals surface area contributed by atoms with Crippen molar-refractivity contribution in [3.63, 3.8) is 0 Å². The SMILES string of the molecule is CC1C(Cn2cnc3ccccc32)OC(c2ccc(N3C(=O)CC(NC(=O)OCc4ccccc4)C3=O)cc2)OC1c1ccc(CO)cc1. The van der Waals surface area contributed by atoms with E-state index >= 15 is 0 Å². The number of nitrogens with zero attached hydrogens (tertiary/aromatic N) is 3. The van der Waals surface area contributed by atoms with Crippen LogP contribution in [0.2, 0.25) is 0 Å². The minimum Gasteiger partial charge on any atom is -0.445 e. The Labute approximate surface area is 283 Å². The molecular formula is C38H36N4O7. The maximum atomic E-state index is 13.2. The van der Waals surface area contributed by atoms with Gasteiger partial charge in [0.05, 0.1) is 54.8 Å². The van der Waals surface area contributed by atoms with Crippen molar-refractivity contribution in [2.45, 2.75) is 57.6 Å². The van der Waals surface area contributed by atoms with Crippen molar-refractivity contribution in [3.8, 4) is 0 Å². The van der Waals surface area contributed by atoms with Gasteiger partial charge >= 0.3 is 6.09 Å². The molecular weight excluding hydrogens is 624 g/mol. The average Bonchev–Trinajstić information content (AvgIpc) is 3.67. The molecule has 0 spiro atoms. The van der Waals surface area contributed by atoms with Gasteiger partial charge in [-0.2, -0.15) is 0 Å². The fourth-order valence-corrected chi connectivity index (χ4v) is 6.38. The zero-order valence-corrected chi connectivity index (χ0v) is 26.8. The van der Waals surface area contributed by atoms with E-state index < -0.39 is 30.2 Å². The molecule has 250 valence electrons. The third-order valence-electron chi connectivity index (χ3n) is 9.10. The molecule has 3 heterocycles. The second-order valence-electron chi connectivity index (χ2n) is 12.3. The number of carbonyl (C=O) groups excluding carboxylic acids is 3. The van der Waals surface area contributed by atoms with Crippen molar-refractivity contribution in [2.24, 2.45) is 5.92 Å². The van der Waals surface area contributed by atoms with E-state index in [-0.39, 0.29) is 37.8 Å². The number of fused-ring (bicyclic) bond motifs is 1. The summed E-state index contributed by atoms with van der Waals surface area (Å²) in [7, 11) is 0. The molecule has 11 heteroatoms. The lowest BCUT2D eigenvalue weighted by Crippen LogP contribution is -2.42. The summed E-state index contributed by atoms with van der Waals surface area (Å²) in [5, 5.41) is 12.1. The Hall–Kier alpha value is -5.36. The zero-order chi connectivity index (χ0) is 33.9. The monoisotopic (exact) mass is 660 g/mol. The number of hydrogen-bond donors (Lipinski definition) is 2. The molecule has 2 fully saturated rings. The molecule has 7 rings (SSSR count). The van der Waals surface area contributed by atoms with Gasteiger partial charge in [0.25, 0.3) is 5.91 Å². The first-order chi connectivity index (χ1) is 23.9. The van der Waals surface area contributed by atoms with Crippen LogP contribution in [0.25, 0.3) is 11.0 Å². The van der Waals surface area contributed by atoms with Gasteiger partial charge in [-0.15, -0.1) is 0 Å². The fourth-order valence-electron chi connectivity index (χ4n) is 6.38. The number of imide groups is 1. The lowest BCUT2D eigenvalue weighted by molar-refractivity contribution is -0.276. The maximum absolute atomic E-state index is 13.2. The summed E-state index contributed by atoms with van der Waals surface area (Å²) < 4.78 is 20.5. The molecule has 0 bridgehead atoms. The molecule has 1 aromatic heterocycles. The third kappa shape index (κ3) is 6.82. The van der Waals surface area contributed by atoms with Gasteiger partial charge in [0, 0.05) is 11.5 Å². The van der Waals surface area contributed by atoms with E-state index in [1.165, 1.54) is 0 Å². The smallest absolute Gasteiger partial charge is 0.408 e. The summed E-state index contributed by atoms with van der Waals surface area (Å²) in [4.78, 5) is 44.2. The number of hydrogen-bond acceptors (Lipinski definition) is 8. The largest absolute Gasteiger partial charge is 0.445 e. The Morgan fingerprint density at radius 2 is 1.61 bits per heavy atom. The van der Waals surface area contributed by atoms with Crippen LogP contribution < -0.4 is 10.2 Å². The highest BCUT2D eigenvalue weighted by Gasteiger charge is 2.42. The number of aliphatic hydroxyl groups is 1. The van der Waals surface area contributed by atoms with E-state index in [4.69, 9.17) is 14.2 Å². The Morgan fingerprint density at radius 3 is 2.37 bits per heavy atom. The first kappa shape index (κ1) is 32.2. The lowest BCUT2D eigenvalue weighted by atomic mass is 9.90. The highest BCUT2D eigenvalue weighted by Crippen LogP contribution is 2.42. The van der Waals surface area contributed by atoms with Gasteiger partial charge in [-0.1, -0.05) is 85.8 Å². The third-order valence-corrected chi connectivity index (χ3v) is 9.10. The summed E-state index contributed by atoms with van der Waals surface area (Å²) >= 11 is 0. The van der Waals surface area contributed by atoms with Gasteiger partial charge in [0.15, 0.2) is 6.29 Å². The number of ether oxygens (including phenoxy) is 3. The molecule has 4 aromatic carbocycles. The molecule has 0 aliphatic carbocycles. The molecule has 49 heavy (non-hydrogen) atoms. The molecule has 3 amide bonds. The van der Waals surface area contributed by atoms with E-state index in [1.54, 1.807) is 24.3 Å². The highest BCUT2D eigenvalue weighted by molar-refractivity contribution is 6.22. The number of alkyl carbamates (subject to hydrolysis) is 1. The van der Waals surface area contributed by atoms with Gasteiger partial charge in [-0.25, -0.2) is 14.7 Å². The Bertz CT molecular complexity index is 1940. The summed E-state index contributed by atoms with van der Waals surface area (Å²) in [5.41, 5.74) is 5.58. The second kappa shape index (κ2) is 14.0. The molecule has 0 saturated carbocycles. The van der Waals surface area contributed by atoms with E-state index in [2.05, 4.69) is 21.8 Å². The zero-order valence-electron chi connectivity index (χ0n) is 26.8. The van der Waals surface area contributed by atoms with Crippen molar-refractivity contribution in [2.75, 3.05) is 4.90 Å². The lowest BCUT2D eigenvalue weighted by Gasteiger charge is -2.41. The average molecular weight is 661 g/mol. The van der Waals surface area contributed by atoms with E-state index in [1.807, 2.05) is 85.2 Å². The molecule has 5 aromatic rings. The van der Waals surface area contributed by atoms with Crippen LogP contribution in [0.5, 0.6) is 0 Å². The van der Waals surface area contributed by atoms with Crippen LogP contribution in [0.3, 0.4) is 0 Å². The molecule has 2 saturated heterocycles. The Morgan fingerprint density at radius 1 is 0.898 bits per heavy atom. The number of carbonyl (C=O) groups is 3. The van der Waals surface area contributed by atoms with Crippen LogP contribution in [0.4, 0.5) is 10.5 Å². The van der Waals surface area contributed by atoms with Crippen LogP contribution in [0.15, 0.2) is 109 Å². The number of anilines is 1. The predicted octanol–water partition coefficient (Wildman–Crippen LogP) is 5.58. The van der Waals surface area contributed by atoms with Crippen molar-refractivity contribution in [1.82, 2.24) is 14.9 Å². The summed E-state index contributed by atoms with van der Waals surface area (Å²) in [6, 6.07) is 30.7. The number of amides is 3. The number of rotatable bonds is 9. The van der Waals surface area contributed by atoms with Crippen LogP contribution >= 0.6 is 0 Å². The van der Waals surface area contributed by atoms with Crippen molar-refractivity contribution < 1.29 is 33.7 Å². The van der Waals surface area contributed by atoms with Crippen LogP contribution in [-0.4, -0.2) is 44.7 Å². The molecule has 5 atom stereocenters. The highest BCUT2D eigenvalue weighted by atomic mass is 16.7. The minimum atomic E-state index is -1.03. The number of benzene rings is 4. The van der Waals surface area contributed by atoms with Crippen LogP contribution in [0, 0.1) is 5.92 Å². The van der Waals surface area contributed by atoms with E-state index in [0.717, 1.165) is 32.6 Å². The van der Waals surface area contributed by atoms with E-state index in [9.17, 15) is 19.5 Å². The first-order valence-corrected chi connectivity index (χ1v) is 16.2. The summed E-state index contributed by atoms with van der Waals surface area (Å²) in [6.07, 6.45) is -0.442. The number of aromatic nitrogens is 2. The number of imidazole rings is 1. The van der Waals surface area contributed by atoms with Gasteiger partial charge < -0.3 is 29.2 Å². The maximum Gasteiger partial charge on any atom is 0.408 e. The molecule has 2 aliphatic heterocycles. The van der Waals surface area contributed by atoms with Gasteiger partial charge in [-0.3, -0.25) is 9.59 Å². The first-order valence-electron chi connectivity index (χ1n) is 16.2. The van der Waals surface area contributed by atoms with Gasteiger partial charge in [0.2, 0.25) is 5.91 Å². The number of para-hydroxylation sites is 2. The molecule has 0 radical (unpaired) electrons. The Kier molecular flexibility index (Phi) is 9.21. The van der Waals surface area contributed by atoms with Crippen LogP contribution in [-0.2, 0) is 43.6 Å². The molecule has 11 nitrogen and oxygen atoms in total. The van der Waals surface area contributed by atoms with E-state index in [0.29, 0.717) is 17.8 Å². The molecule has 5 unspecified atom stereocenters. The summed E-state index contributed by atoms with van der Waals surface area (Å²) in [6.45, 7) is 2.64. The standard InChI is InChI=1S/C38H36N4O7/c1-24-33(20-41-23-39-30-9-5-6-10-32(30)41)48-37(49-35(24)27-13-11-25(21-43)12-14-27)28-15-17-29(18-16-28)42-34(44)19-31(36(42)45)40-38(46)47-22-26-7-3-2-4-8-26/h2-18,23-24,31,33,35,37,43H,19-22H2,1H3,(H,40,46). The summed E-state index contributed by atoms with van der Waals surface area (Å²) in [5.74, 6) is -1.00. The van der Waals surface area contributed by atoms with Crippen molar-refractivity contribution >= 4 is 34.6 Å². The topological polar surface area (TPSA) is 132 Å². The van der Waals surface area contributed by atoms with Crippen LogP contribution in [0.1, 0.15) is 48.0 Å².